The number of nitrogens with one attached hydrogen (secondary N) is 1. The molecule has 0 aromatic carbocycles. The molecule has 0 aliphatic rings. The van der Waals surface area contributed by atoms with Crippen molar-refractivity contribution in [3.05, 3.63) is 36.5 Å². The summed E-state index contributed by atoms with van der Waals surface area (Å²) in [5.41, 5.74) is 0. The minimum absolute atomic E-state index is 0.00636. The summed E-state index contributed by atoms with van der Waals surface area (Å²) >= 11 is 0. The minimum Gasteiger partial charge on any atom is -0.756 e. The number of nitrogens with zero attached hydrogens (tertiary/aromatic N) is 1. The van der Waals surface area contributed by atoms with Crippen LogP contribution in [0, 0.1) is 0 Å². The first kappa shape index (κ1) is 60.7. The standard InChI is InChI=1S/C53H103N2O6P/c1-6-8-10-12-14-16-18-20-22-23-24-25-26-27-28-29-30-31-33-35-37-39-41-43-45-47-53(57)54-51(50-61-62(58,59)60-49-48-55(3,4)5)52(56)46-44-42-40-38-36-34-32-21-19-17-15-13-11-9-7-2/h27-28,36,38,44,46,51-52,56H,6-26,29-35,37,39-43,45,47-50H2,1-5H3,(H-,54,57,58,59)/b28-27-,38-36+,46-44+. The highest BCUT2D eigenvalue weighted by Crippen LogP contribution is 2.38. The number of amides is 1. The van der Waals surface area contributed by atoms with Crippen molar-refractivity contribution in [2.24, 2.45) is 0 Å². The van der Waals surface area contributed by atoms with Crippen LogP contribution < -0.4 is 10.2 Å². The predicted molar refractivity (Wildman–Crippen MR) is 265 cm³/mol. The molecule has 0 fully saturated rings. The number of aliphatic hydroxyl groups excluding tert-OH is 1. The molecule has 1 amide bonds. The van der Waals surface area contributed by atoms with Crippen LogP contribution in [0.15, 0.2) is 36.5 Å². The normalized spacial score (nSPS) is 14.4. The fourth-order valence-corrected chi connectivity index (χ4v) is 8.36. The molecular weight excluding hydrogens is 792 g/mol. The molecule has 3 unspecified atom stereocenters. The summed E-state index contributed by atoms with van der Waals surface area (Å²) in [4.78, 5) is 25.4. The average molecular weight is 895 g/mol. The second-order valence-corrected chi connectivity index (χ2v) is 20.6. The quantitative estimate of drug-likeness (QED) is 0.0273. The van der Waals surface area contributed by atoms with Gasteiger partial charge in [-0.2, -0.15) is 0 Å². The molecule has 0 aliphatic carbocycles. The lowest BCUT2D eigenvalue weighted by molar-refractivity contribution is -0.870. The van der Waals surface area contributed by atoms with Crippen molar-refractivity contribution in [1.29, 1.82) is 0 Å². The zero-order valence-electron chi connectivity index (χ0n) is 41.6. The monoisotopic (exact) mass is 895 g/mol. The third-order valence-corrected chi connectivity index (χ3v) is 12.8. The highest BCUT2D eigenvalue weighted by Gasteiger charge is 2.23. The lowest BCUT2D eigenvalue weighted by atomic mass is 10.0. The Morgan fingerprint density at radius 2 is 0.903 bits per heavy atom. The maximum Gasteiger partial charge on any atom is 0.268 e. The molecule has 0 radical (unpaired) electrons. The summed E-state index contributed by atoms with van der Waals surface area (Å²) < 4.78 is 23.3. The summed E-state index contributed by atoms with van der Waals surface area (Å²) in [7, 11) is 1.25. The zero-order valence-corrected chi connectivity index (χ0v) is 42.5. The van der Waals surface area contributed by atoms with Gasteiger partial charge in [0.2, 0.25) is 5.91 Å². The molecule has 0 heterocycles. The van der Waals surface area contributed by atoms with Crippen molar-refractivity contribution >= 4 is 13.7 Å². The van der Waals surface area contributed by atoms with Crippen molar-refractivity contribution in [3.63, 3.8) is 0 Å². The number of aliphatic hydroxyl groups is 1. The number of hydrogen-bond acceptors (Lipinski definition) is 6. The lowest BCUT2D eigenvalue weighted by Crippen LogP contribution is -2.45. The Hall–Kier alpha value is -1.28. The predicted octanol–water partition coefficient (Wildman–Crippen LogP) is 14.8. The van der Waals surface area contributed by atoms with E-state index in [1.54, 1.807) is 6.08 Å². The number of allylic oxidation sites excluding steroid dienone is 5. The Bertz CT molecular complexity index is 1110. The number of hydrogen-bond donors (Lipinski definition) is 2. The number of carbonyl (C=O) groups is 1. The van der Waals surface area contributed by atoms with Crippen LogP contribution in [0.5, 0.6) is 0 Å². The van der Waals surface area contributed by atoms with Gasteiger partial charge in [0.15, 0.2) is 0 Å². The van der Waals surface area contributed by atoms with E-state index in [0.29, 0.717) is 17.4 Å². The van der Waals surface area contributed by atoms with Crippen LogP contribution in [0.4, 0.5) is 0 Å². The molecule has 366 valence electrons. The summed E-state index contributed by atoms with van der Waals surface area (Å²) in [6.07, 6.45) is 56.4. The van der Waals surface area contributed by atoms with E-state index in [-0.39, 0.29) is 12.5 Å². The van der Waals surface area contributed by atoms with Crippen molar-refractivity contribution < 1.29 is 32.9 Å². The van der Waals surface area contributed by atoms with E-state index in [1.165, 1.54) is 186 Å². The zero-order chi connectivity index (χ0) is 45.7. The average Bonchev–Trinajstić information content (AvgIpc) is 3.23. The number of quaternary nitrogens is 1. The Morgan fingerprint density at radius 1 is 0.548 bits per heavy atom. The van der Waals surface area contributed by atoms with Crippen LogP contribution in [0.2, 0.25) is 0 Å². The molecule has 0 aromatic rings. The highest BCUT2D eigenvalue weighted by atomic mass is 31.2. The van der Waals surface area contributed by atoms with Gasteiger partial charge in [-0.15, -0.1) is 0 Å². The molecule has 0 saturated carbocycles. The van der Waals surface area contributed by atoms with Gasteiger partial charge in [0.05, 0.1) is 39.9 Å². The van der Waals surface area contributed by atoms with Crippen molar-refractivity contribution in [1.82, 2.24) is 5.32 Å². The number of unbranched alkanes of at least 4 members (excludes halogenated alkanes) is 31. The molecule has 2 N–H and O–H groups in total. The highest BCUT2D eigenvalue weighted by molar-refractivity contribution is 7.45. The number of carbonyl (C=O) groups excluding carboxylic acids is 1. The van der Waals surface area contributed by atoms with E-state index in [2.05, 4.69) is 43.5 Å². The second kappa shape index (κ2) is 44.9. The topological polar surface area (TPSA) is 108 Å². The molecule has 8 nitrogen and oxygen atoms in total. The molecular formula is C53H103N2O6P. The van der Waals surface area contributed by atoms with Gasteiger partial charge in [0, 0.05) is 6.42 Å². The van der Waals surface area contributed by atoms with Gasteiger partial charge in [0.1, 0.15) is 13.2 Å². The summed E-state index contributed by atoms with van der Waals surface area (Å²) in [5.74, 6) is -0.208. The molecule has 0 bridgehead atoms. The molecule has 0 spiro atoms. The maximum atomic E-state index is 12.9. The van der Waals surface area contributed by atoms with E-state index in [0.717, 1.165) is 38.5 Å². The van der Waals surface area contributed by atoms with Crippen LogP contribution in [0.1, 0.15) is 245 Å². The minimum atomic E-state index is -4.60. The van der Waals surface area contributed by atoms with E-state index in [9.17, 15) is 19.4 Å². The van der Waals surface area contributed by atoms with Gasteiger partial charge in [-0.3, -0.25) is 9.36 Å². The van der Waals surface area contributed by atoms with E-state index >= 15 is 0 Å². The Labute approximate surface area is 385 Å². The van der Waals surface area contributed by atoms with Gasteiger partial charge in [0.25, 0.3) is 7.82 Å². The first-order chi connectivity index (χ1) is 30.0. The number of likely N-dealkylation sites (N-methyl/N-ethyl adjacent to an activating group) is 1. The summed E-state index contributed by atoms with van der Waals surface area (Å²) in [5, 5.41) is 13.8. The first-order valence-corrected chi connectivity index (χ1v) is 27.8. The second-order valence-electron chi connectivity index (χ2n) is 19.2. The third-order valence-electron chi connectivity index (χ3n) is 11.8. The first-order valence-electron chi connectivity index (χ1n) is 26.4. The molecule has 0 aromatic heterocycles. The van der Waals surface area contributed by atoms with Crippen molar-refractivity contribution in [2.45, 2.75) is 257 Å². The van der Waals surface area contributed by atoms with Crippen LogP contribution >= 0.6 is 7.82 Å². The van der Waals surface area contributed by atoms with Gasteiger partial charge in [-0.1, -0.05) is 217 Å². The smallest absolute Gasteiger partial charge is 0.268 e. The number of phosphoric acid groups is 1. The Balaban J connectivity index is 4.25. The maximum absolute atomic E-state index is 12.9. The van der Waals surface area contributed by atoms with E-state index in [1.807, 2.05) is 27.2 Å². The molecule has 0 aliphatic heterocycles. The van der Waals surface area contributed by atoms with Crippen LogP contribution in [0.25, 0.3) is 0 Å². The number of phosphoric ester groups is 1. The molecule has 0 saturated heterocycles. The van der Waals surface area contributed by atoms with Crippen LogP contribution in [-0.4, -0.2) is 68.5 Å². The number of rotatable bonds is 48. The summed E-state index contributed by atoms with van der Waals surface area (Å²) in [6.45, 7) is 4.64. The largest absolute Gasteiger partial charge is 0.756 e. The van der Waals surface area contributed by atoms with Crippen LogP contribution in [0.3, 0.4) is 0 Å². The molecule has 3 atom stereocenters. The van der Waals surface area contributed by atoms with Gasteiger partial charge >= 0.3 is 0 Å². The fourth-order valence-electron chi connectivity index (χ4n) is 7.63. The van der Waals surface area contributed by atoms with Crippen molar-refractivity contribution in [3.8, 4) is 0 Å². The van der Waals surface area contributed by atoms with Gasteiger partial charge in [-0.25, -0.2) is 0 Å². The Morgan fingerprint density at radius 3 is 1.31 bits per heavy atom. The molecule has 9 heteroatoms. The van der Waals surface area contributed by atoms with E-state index in [4.69, 9.17) is 9.05 Å². The van der Waals surface area contributed by atoms with Gasteiger partial charge in [-0.05, 0) is 57.8 Å². The van der Waals surface area contributed by atoms with Crippen molar-refractivity contribution in [2.75, 3.05) is 40.9 Å². The van der Waals surface area contributed by atoms with Gasteiger partial charge < -0.3 is 28.8 Å². The SMILES string of the molecule is CCCCCCCCCCC/C=C/CC/C=C/C(O)C(COP(=O)([O-])OCC[N+](C)(C)C)NC(=O)CCCCCCCCCCC/C=C\CCCCCCCCCCCCCC. The molecule has 62 heavy (non-hydrogen) atoms. The molecule has 0 rings (SSSR count). The van der Waals surface area contributed by atoms with E-state index < -0.39 is 26.6 Å². The third kappa shape index (κ3) is 46.7. The van der Waals surface area contributed by atoms with Crippen LogP contribution in [-0.2, 0) is 18.4 Å². The fraction of sp³-hybridized carbons (Fsp3) is 0.868. The Kier molecular flexibility index (Phi) is 44.0. The lowest BCUT2D eigenvalue weighted by Gasteiger charge is -2.29. The summed E-state index contributed by atoms with van der Waals surface area (Å²) in [6, 6.07) is -0.903.